The van der Waals surface area contributed by atoms with E-state index in [1.807, 2.05) is 17.5 Å². The van der Waals surface area contributed by atoms with Gasteiger partial charge in [0, 0.05) is 11.4 Å². The Labute approximate surface area is 117 Å². The molecule has 0 amide bonds. The molecule has 0 aliphatic rings. The molecule has 0 aliphatic heterocycles. The van der Waals surface area contributed by atoms with Gasteiger partial charge < -0.3 is 14.8 Å². The summed E-state index contributed by atoms with van der Waals surface area (Å²) in [6, 6.07) is 3.74. The molecular formula is C11H12BrN3O2S. The number of nitrogens with one attached hydrogen (secondary N) is 1. The molecule has 0 saturated carbocycles. The normalized spacial score (nSPS) is 10.2. The summed E-state index contributed by atoms with van der Waals surface area (Å²) in [7, 11) is 3.24. The highest BCUT2D eigenvalue weighted by Gasteiger charge is 2.09. The van der Waals surface area contributed by atoms with E-state index in [-0.39, 0.29) is 0 Å². The number of rotatable bonds is 5. The first-order chi connectivity index (χ1) is 8.74. The Morgan fingerprint density at radius 1 is 1.28 bits per heavy atom. The average Bonchev–Trinajstić information content (AvgIpc) is 2.89. The molecule has 1 aromatic heterocycles. The van der Waals surface area contributed by atoms with Crippen LogP contribution in [0.2, 0.25) is 0 Å². The molecule has 0 atom stereocenters. The van der Waals surface area contributed by atoms with Crippen molar-refractivity contribution in [2.45, 2.75) is 6.54 Å². The minimum atomic E-state index is 0.603. The lowest BCUT2D eigenvalue weighted by Crippen LogP contribution is -2.02. The summed E-state index contributed by atoms with van der Waals surface area (Å²) in [6.45, 7) is 0.603. The monoisotopic (exact) mass is 329 g/mol. The van der Waals surface area contributed by atoms with Crippen molar-refractivity contribution in [2.75, 3.05) is 19.5 Å². The van der Waals surface area contributed by atoms with Crippen molar-refractivity contribution >= 4 is 33.1 Å². The molecule has 0 bridgehead atoms. The van der Waals surface area contributed by atoms with Crippen LogP contribution in [0.3, 0.4) is 0 Å². The molecule has 5 nitrogen and oxygen atoms in total. The summed E-state index contributed by atoms with van der Waals surface area (Å²) in [5.41, 5.74) is 1.77. The predicted octanol–water partition coefficient (Wildman–Crippen LogP) is 2.93. The molecule has 1 N–H and O–H groups in total. The number of benzene rings is 1. The van der Waals surface area contributed by atoms with Crippen molar-refractivity contribution in [1.29, 1.82) is 0 Å². The summed E-state index contributed by atoms with van der Waals surface area (Å²) in [5.74, 6) is 1.45. The fraction of sp³-hybridized carbons (Fsp3) is 0.273. The number of ether oxygens (including phenoxy) is 2. The highest BCUT2D eigenvalue weighted by Crippen LogP contribution is 2.36. The third-order valence-corrected chi connectivity index (χ3v) is 3.51. The lowest BCUT2D eigenvalue weighted by molar-refractivity contribution is 0.393. The van der Waals surface area contributed by atoms with E-state index in [0.29, 0.717) is 6.54 Å². The SMILES string of the molecule is COc1cc(OC)c(NCc2csnn2)cc1Br. The van der Waals surface area contributed by atoms with Crippen molar-refractivity contribution < 1.29 is 9.47 Å². The number of anilines is 1. The number of hydrogen-bond acceptors (Lipinski definition) is 6. The van der Waals surface area contributed by atoms with E-state index in [4.69, 9.17) is 9.47 Å². The topological polar surface area (TPSA) is 56.3 Å². The van der Waals surface area contributed by atoms with Crippen molar-refractivity contribution in [3.05, 3.63) is 27.7 Å². The summed E-state index contributed by atoms with van der Waals surface area (Å²) >= 11 is 4.78. The van der Waals surface area contributed by atoms with E-state index >= 15 is 0 Å². The van der Waals surface area contributed by atoms with Gasteiger partial charge >= 0.3 is 0 Å². The van der Waals surface area contributed by atoms with Crippen LogP contribution >= 0.6 is 27.5 Å². The van der Waals surface area contributed by atoms with Gasteiger partial charge in [-0.25, -0.2) is 0 Å². The quantitative estimate of drug-likeness (QED) is 0.913. The lowest BCUT2D eigenvalue weighted by atomic mass is 10.2. The molecule has 18 heavy (non-hydrogen) atoms. The Kier molecular flexibility index (Phi) is 4.38. The zero-order chi connectivity index (χ0) is 13.0. The van der Waals surface area contributed by atoms with Gasteiger partial charge in [-0.2, -0.15) is 0 Å². The number of hydrogen-bond donors (Lipinski definition) is 1. The zero-order valence-corrected chi connectivity index (χ0v) is 12.3. The van der Waals surface area contributed by atoms with Crippen molar-refractivity contribution in [3.63, 3.8) is 0 Å². The fourth-order valence-corrected chi connectivity index (χ4v) is 2.40. The number of aromatic nitrogens is 2. The molecule has 0 unspecified atom stereocenters. The minimum absolute atomic E-state index is 0.603. The maximum atomic E-state index is 5.32. The molecule has 7 heteroatoms. The Morgan fingerprint density at radius 3 is 2.67 bits per heavy atom. The maximum Gasteiger partial charge on any atom is 0.145 e. The highest BCUT2D eigenvalue weighted by molar-refractivity contribution is 9.10. The molecule has 2 rings (SSSR count). The van der Waals surface area contributed by atoms with E-state index in [1.165, 1.54) is 11.5 Å². The summed E-state index contributed by atoms with van der Waals surface area (Å²) in [4.78, 5) is 0. The van der Waals surface area contributed by atoms with Gasteiger partial charge in [0.1, 0.15) is 11.5 Å². The summed E-state index contributed by atoms with van der Waals surface area (Å²) in [5, 5.41) is 9.12. The molecular weight excluding hydrogens is 318 g/mol. The molecule has 0 fully saturated rings. The van der Waals surface area contributed by atoms with Crippen molar-refractivity contribution in [3.8, 4) is 11.5 Å². The first-order valence-electron chi connectivity index (χ1n) is 5.16. The zero-order valence-electron chi connectivity index (χ0n) is 9.94. The van der Waals surface area contributed by atoms with Crippen LogP contribution in [0.1, 0.15) is 5.69 Å². The second kappa shape index (κ2) is 6.01. The Morgan fingerprint density at radius 2 is 2.06 bits per heavy atom. The van der Waals surface area contributed by atoms with Gasteiger partial charge in [-0.3, -0.25) is 0 Å². The first-order valence-corrected chi connectivity index (χ1v) is 6.79. The van der Waals surface area contributed by atoms with E-state index in [0.717, 1.165) is 27.4 Å². The largest absolute Gasteiger partial charge is 0.495 e. The van der Waals surface area contributed by atoms with Gasteiger partial charge in [0.05, 0.1) is 36.6 Å². The minimum Gasteiger partial charge on any atom is -0.495 e. The highest BCUT2D eigenvalue weighted by atomic mass is 79.9. The van der Waals surface area contributed by atoms with Crippen LogP contribution in [0.25, 0.3) is 0 Å². The molecule has 1 aromatic carbocycles. The molecule has 1 heterocycles. The standard InChI is InChI=1S/C11H12BrN3O2S/c1-16-10-4-11(17-2)9(3-8(10)12)13-5-7-6-18-15-14-7/h3-4,6,13H,5H2,1-2H3. The van der Waals surface area contributed by atoms with Crippen LogP contribution in [0.5, 0.6) is 11.5 Å². The van der Waals surface area contributed by atoms with Crippen molar-refractivity contribution in [2.24, 2.45) is 0 Å². The molecule has 0 radical (unpaired) electrons. The Hall–Kier alpha value is -1.34. The molecule has 2 aromatic rings. The first kappa shape index (κ1) is 13.1. The van der Waals surface area contributed by atoms with Crippen LogP contribution in [-0.2, 0) is 6.54 Å². The summed E-state index contributed by atoms with van der Waals surface area (Å²) < 4.78 is 15.2. The lowest BCUT2D eigenvalue weighted by Gasteiger charge is -2.13. The second-order valence-electron chi connectivity index (χ2n) is 3.44. The van der Waals surface area contributed by atoms with Crippen LogP contribution < -0.4 is 14.8 Å². The molecule has 0 aliphatic carbocycles. The molecule has 96 valence electrons. The van der Waals surface area contributed by atoms with Gasteiger partial charge in [0.25, 0.3) is 0 Å². The Bertz CT molecular complexity index is 519. The van der Waals surface area contributed by atoms with E-state index in [1.54, 1.807) is 14.2 Å². The van der Waals surface area contributed by atoms with Crippen LogP contribution in [-0.4, -0.2) is 23.8 Å². The van der Waals surface area contributed by atoms with Gasteiger partial charge in [0.2, 0.25) is 0 Å². The van der Waals surface area contributed by atoms with Gasteiger partial charge in [-0.05, 0) is 33.5 Å². The Balaban J connectivity index is 2.18. The smallest absolute Gasteiger partial charge is 0.145 e. The van der Waals surface area contributed by atoms with E-state index < -0.39 is 0 Å². The average molecular weight is 330 g/mol. The van der Waals surface area contributed by atoms with Crippen LogP contribution in [0, 0.1) is 0 Å². The van der Waals surface area contributed by atoms with Gasteiger partial charge in [-0.15, -0.1) is 5.10 Å². The van der Waals surface area contributed by atoms with Gasteiger partial charge in [-0.1, -0.05) is 4.49 Å². The van der Waals surface area contributed by atoms with E-state index in [2.05, 4.69) is 30.8 Å². The van der Waals surface area contributed by atoms with Crippen LogP contribution in [0.4, 0.5) is 5.69 Å². The van der Waals surface area contributed by atoms with Gasteiger partial charge in [0.15, 0.2) is 0 Å². The number of nitrogens with zero attached hydrogens (tertiary/aromatic N) is 2. The van der Waals surface area contributed by atoms with Crippen molar-refractivity contribution in [1.82, 2.24) is 9.59 Å². The third kappa shape index (κ3) is 2.91. The molecule has 0 saturated heterocycles. The predicted molar refractivity (Wildman–Crippen MR) is 74.5 cm³/mol. The molecule has 0 spiro atoms. The number of halogens is 1. The second-order valence-corrected chi connectivity index (χ2v) is 4.90. The summed E-state index contributed by atoms with van der Waals surface area (Å²) in [6.07, 6.45) is 0. The van der Waals surface area contributed by atoms with E-state index in [9.17, 15) is 0 Å². The maximum absolute atomic E-state index is 5.32. The third-order valence-electron chi connectivity index (χ3n) is 2.34. The number of methoxy groups -OCH3 is 2. The fourth-order valence-electron chi connectivity index (χ4n) is 1.44. The van der Waals surface area contributed by atoms with Crippen LogP contribution in [0.15, 0.2) is 22.0 Å².